The SMILES string of the molecule is O=C(Nc1cccc(B(O)O)c1)n1c(=O)[nH]c2ccccc21. The van der Waals surface area contributed by atoms with Crippen LogP contribution in [0.3, 0.4) is 0 Å². The van der Waals surface area contributed by atoms with Crippen LogP contribution in [0.1, 0.15) is 0 Å². The quantitative estimate of drug-likeness (QED) is 0.503. The average Bonchev–Trinajstić information content (AvgIpc) is 2.83. The molecule has 0 atom stereocenters. The molecule has 0 aliphatic carbocycles. The van der Waals surface area contributed by atoms with Crippen LogP contribution in [0, 0.1) is 0 Å². The van der Waals surface area contributed by atoms with Gasteiger partial charge in [0.1, 0.15) is 0 Å². The lowest BCUT2D eigenvalue weighted by molar-refractivity contribution is 0.253. The van der Waals surface area contributed by atoms with Gasteiger partial charge in [0.05, 0.1) is 11.0 Å². The standard InChI is InChI=1S/C14H12BN3O4/c19-13(16-10-5-3-4-9(8-10)15(21)22)18-12-7-2-1-6-11(12)17-14(18)20/h1-8,21-22H,(H,16,19)(H,17,20). The highest BCUT2D eigenvalue weighted by Crippen LogP contribution is 2.10. The summed E-state index contributed by atoms with van der Waals surface area (Å²) < 4.78 is 0.984. The predicted molar refractivity (Wildman–Crippen MR) is 83.2 cm³/mol. The molecule has 0 bridgehead atoms. The van der Waals surface area contributed by atoms with Crippen molar-refractivity contribution in [2.45, 2.75) is 0 Å². The van der Waals surface area contributed by atoms with Crippen molar-refractivity contribution in [3.8, 4) is 0 Å². The van der Waals surface area contributed by atoms with Gasteiger partial charge in [0, 0.05) is 5.69 Å². The predicted octanol–water partition coefficient (Wildman–Crippen LogP) is 0.0896. The number of nitrogens with zero attached hydrogens (tertiary/aromatic N) is 1. The summed E-state index contributed by atoms with van der Waals surface area (Å²) in [5.41, 5.74) is 1.07. The van der Waals surface area contributed by atoms with E-state index in [1.165, 1.54) is 12.1 Å². The third-order valence-corrected chi connectivity index (χ3v) is 3.23. The van der Waals surface area contributed by atoms with E-state index in [4.69, 9.17) is 10.0 Å². The van der Waals surface area contributed by atoms with Crippen molar-refractivity contribution >= 4 is 35.3 Å². The van der Waals surface area contributed by atoms with Gasteiger partial charge in [-0.05, 0) is 29.7 Å². The van der Waals surface area contributed by atoms with E-state index in [1.807, 2.05) is 0 Å². The smallest absolute Gasteiger partial charge is 0.423 e. The number of carbonyl (C=O) groups excluding carboxylic acids is 1. The lowest BCUT2D eigenvalue weighted by Gasteiger charge is -2.07. The van der Waals surface area contributed by atoms with E-state index >= 15 is 0 Å². The maximum atomic E-state index is 12.3. The normalized spacial score (nSPS) is 10.6. The Hall–Kier alpha value is -2.84. The van der Waals surface area contributed by atoms with Gasteiger partial charge in [-0.1, -0.05) is 24.3 Å². The molecule has 3 aromatic rings. The molecule has 110 valence electrons. The first-order chi connectivity index (χ1) is 10.6. The van der Waals surface area contributed by atoms with Crippen LogP contribution in [-0.4, -0.2) is 32.7 Å². The molecule has 3 rings (SSSR count). The number of nitrogens with one attached hydrogen (secondary N) is 2. The number of amides is 1. The number of H-pyrrole nitrogens is 1. The van der Waals surface area contributed by atoms with E-state index in [9.17, 15) is 9.59 Å². The molecule has 7 nitrogen and oxygen atoms in total. The van der Waals surface area contributed by atoms with Gasteiger partial charge in [0.2, 0.25) is 0 Å². The molecule has 0 fully saturated rings. The van der Waals surface area contributed by atoms with E-state index in [2.05, 4.69) is 10.3 Å². The minimum atomic E-state index is -1.63. The number of hydrogen-bond acceptors (Lipinski definition) is 4. The number of rotatable bonds is 2. The van der Waals surface area contributed by atoms with Crippen molar-refractivity contribution in [3.63, 3.8) is 0 Å². The minimum Gasteiger partial charge on any atom is -0.423 e. The van der Waals surface area contributed by atoms with Crippen LogP contribution >= 0.6 is 0 Å². The Morgan fingerprint density at radius 2 is 1.91 bits per heavy atom. The van der Waals surface area contributed by atoms with Crippen LogP contribution < -0.4 is 16.5 Å². The molecule has 0 unspecified atom stereocenters. The maximum Gasteiger partial charge on any atom is 0.488 e. The Labute approximate surface area is 125 Å². The fourth-order valence-corrected chi connectivity index (χ4v) is 2.21. The molecule has 0 radical (unpaired) electrons. The van der Waals surface area contributed by atoms with E-state index in [0.717, 1.165) is 4.57 Å². The average molecular weight is 297 g/mol. The molecule has 2 aromatic carbocycles. The van der Waals surface area contributed by atoms with Crippen LogP contribution in [0.2, 0.25) is 0 Å². The molecular formula is C14H12BN3O4. The Kier molecular flexibility index (Phi) is 3.54. The summed E-state index contributed by atoms with van der Waals surface area (Å²) in [4.78, 5) is 26.8. The van der Waals surface area contributed by atoms with Crippen molar-refractivity contribution in [1.82, 2.24) is 9.55 Å². The summed E-state index contributed by atoms with van der Waals surface area (Å²) >= 11 is 0. The van der Waals surface area contributed by atoms with Crippen molar-refractivity contribution in [3.05, 3.63) is 59.0 Å². The topological polar surface area (TPSA) is 107 Å². The largest absolute Gasteiger partial charge is 0.488 e. The van der Waals surface area contributed by atoms with Gasteiger partial charge >= 0.3 is 18.8 Å². The molecule has 4 N–H and O–H groups in total. The molecular weight excluding hydrogens is 285 g/mol. The first-order valence-electron chi connectivity index (χ1n) is 6.53. The van der Waals surface area contributed by atoms with Crippen LogP contribution in [0.25, 0.3) is 11.0 Å². The van der Waals surface area contributed by atoms with Crippen LogP contribution in [0.15, 0.2) is 53.3 Å². The molecule has 0 saturated heterocycles. The Bertz CT molecular complexity index is 900. The third-order valence-electron chi connectivity index (χ3n) is 3.23. The summed E-state index contributed by atoms with van der Waals surface area (Å²) in [6.45, 7) is 0. The summed E-state index contributed by atoms with van der Waals surface area (Å²) in [7, 11) is -1.63. The fraction of sp³-hybridized carbons (Fsp3) is 0. The second-order valence-corrected chi connectivity index (χ2v) is 4.71. The Morgan fingerprint density at radius 3 is 2.68 bits per heavy atom. The van der Waals surface area contributed by atoms with E-state index in [0.29, 0.717) is 16.7 Å². The molecule has 1 heterocycles. The summed E-state index contributed by atoms with van der Waals surface area (Å²) in [6.07, 6.45) is 0. The zero-order chi connectivity index (χ0) is 15.7. The van der Waals surface area contributed by atoms with Crippen LogP contribution in [-0.2, 0) is 0 Å². The second-order valence-electron chi connectivity index (χ2n) is 4.71. The zero-order valence-electron chi connectivity index (χ0n) is 11.4. The fourth-order valence-electron chi connectivity index (χ4n) is 2.21. The first-order valence-corrected chi connectivity index (χ1v) is 6.53. The Morgan fingerprint density at radius 1 is 1.14 bits per heavy atom. The number of para-hydroxylation sites is 2. The molecule has 1 aromatic heterocycles. The zero-order valence-corrected chi connectivity index (χ0v) is 11.4. The number of fused-ring (bicyclic) bond motifs is 1. The highest BCUT2D eigenvalue weighted by atomic mass is 16.4. The van der Waals surface area contributed by atoms with Crippen LogP contribution in [0.4, 0.5) is 10.5 Å². The third kappa shape index (κ3) is 2.52. The minimum absolute atomic E-state index is 0.240. The lowest BCUT2D eigenvalue weighted by Crippen LogP contribution is -2.32. The van der Waals surface area contributed by atoms with Gasteiger partial charge in [-0.3, -0.25) is 0 Å². The van der Waals surface area contributed by atoms with E-state index in [-0.39, 0.29) is 5.46 Å². The maximum absolute atomic E-state index is 12.3. The van der Waals surface area contributed by atoms with Crippen molar-refractivity contribution in [1.29, 1.82) is 0 Å². The Balaban J connectivity index is 1.96. The highest BCUT2D eigenvalue weighted by Gasteiger charge is 2.15. The second kappa shape index (κ2) is 5.51. The van der Waals surface area contributed by atoms with Gasteiger partial charge in [0.15, 0.2) is 0 Å². The number of carbonyl (C=O) groups is 1. The molecule has 0 aliphatic rings. The number of aromatic nitrogens is 2. The highest BCUT2D eigenvalue weighted by molar-refractivity contribution is 6.58. The molecule has 8 heteroatoms. The van der Waals surface area contributed by atoms with Crippen molar-refractivity contribution < 1.29 is 14.8 Å². The van der Waals surface area contributed by atoms with Gasteiger partial charge in [0.25, 0.3) is 0 Å². The summed E-state index contributed by atoms with van der Waals surface area (Å²) in [5, 5.41) is 20.8. The lowest BCUT2D eigenvalue weighted by atomic mass is 9.80. The molecule has 22 heavy (non-hydrogen) atoms. The number of anilines is 1. The van der Waals surface area contributed by atoms with Gasteiger partial charge < -0.3 is 20.3 Å². The van der Waals surface area contributed by atoms with Gasteiger partial charge in [-0.25, -0.2) is 14.2 Å². The van der Waals surface area contributed by atoms with E-state index in [1.54, 1.807) is 36.4 Å². The monoisotopic (exact) mass is 297 g/mol. The van der Waals surface area contributed by atoms with Crippen molar-refractivity contribution in [2.24, 2.45) is 0 Å². The van der Waals surface area contributed by atoms with Gasteiger partial charge in [-0.2, -0.15) is 0 Å². The number of imidazole rings is 1. The number of aromatic amines is 1. The van der Waals surface area contributed by atoms with Gasteiger partial charge in [-0.15, -0.1) is 0 Å². The number of benzene rings is 2. The van der Waals surface area contributed by atoms with Crippen molar-refractivity contribution in [2.75, 3.05) is 5.32 Å². The molecule has 1 amide bonds. The molecule has 0 spiro atoms. The molecule has 0 aliphatic heterocycles. The first kappa shape index (κ1) is 14.1. The number of hydrogen-bond donors (Lipinski definition) is 4. The summed E-state index contributed by atoms with van der Waals surface area (Å²) in [5.74, 6) is 0. The molecule has 0 saturated carbocycles. The summed E-state index contributed by atoms with van der Waals surface area (Å²) in [6, 6.07) is 12.3. The van der Waals surface area contributed by atoms with Crippen LogP contribution in [0.5, 0.6) is 0 Å². The van der Waals surface area contributed by atoms with E-state index < -0.39 is 18.8 Å².